The van der Waals surface area contributed by atoms with Crippen LogP contribution < -0.4 is 0 Å². The topological polar surface area (TPSA) is 73.7 Å². The van der Waals surface area contributed by atoms with E-state index in [9.17, 15) is 19.1 Å². The molecule has 1 aromatic heterocycles. The number of hydrogen-bond donors (Lipinski definition) is 1. The number of pyridine rings is 1. The van der Waals surface area contributed by atoms with E-state index in [4.69, 9.17) is 0 Å². The van der Waals surface area contributed by atoms with Crippen molar-refractivity contribution in [3.63, 3.8) is 0 Å². The highest BCUT2D eigenvalue weighted by molar-refractivity contribution is 5.85. The lowest BCUT2D eigenvalue weighted by Crippen LogP contribution is -2.45. The van der Waals surface area contributed by atoms with Crippen molar-refractivity contribution < 1.29 is 19.1 Å². The highest BCUT2D eigenvalue weighted by Crippen LogP contribution is 2.29. The number of amides is 2. The first kappa shape index (κ1) is 19.0. The zero-order chi connectivity index (χ0) is 19.4. The number of aliphatic hydroxyl groups excluding tert-OH is 1. The molecule has 0 saturated heterocycles. The summed E-state index contributed by atoms with van der Waals surface area (Å²) in [6, 6.07) is 9.87. The molecule has 1 atom stereocenters. The maximum atomic E-state index is 14.0. The van der Waals surface area contributed by atoms with Gasteiger partial charge in [0, 0.05) is 44.9 Å². The van der Waals surface area contributed by atoms with Crippen LogP contribution in [0.1, 0.15) is 29.7 Å². The lowest BCUT2D eigenvalue weighted by Gasteiger charge is -2.35. The Morgan fingerprint density at radius 1 is 1.30 bits per heavy atom. The van der Waals surface area contributed by atoms with Gasteiger partial charge in [-0.05, 0) is 17.7 Å². The van der Waals surface area contributed by atoms with E-state index in [1.165, 1.54) is 17.9 Å². The Kier molecular flexibility index (Phi) is 5.81. The van der Waals surface area contributed by atoms with E-state index in [0.29, 0.717) is 17.8 Å². The second kappa shape index (κ2) is 8.26. The number of halogens is 1. The van der Waals surface area contributed by atoms with Crippen LogP contribution in [0.4, 0.5) is 4.39 Å². The summed E-state index contributed by atoms with van der Waals surface area (Å²) in [6.45, 7) is 1.98. The molecule has 0 aliphatic carbocycles. The van der Waals surface area contributed by atoms with Crippen LogP contribution in [0.3, 0.4) is 0 Å². The summed E-state index contributed by atoms with van der Waals surface area (Å²) < 4.78 is 14.0. The smallest absolute Gasteiger partial charge is 0.233 e. The summed E-state index contributed by atoms with van der Waals surface area (Å²) in [4.78, 5) is 32.5. The molecule has 27 heavy (non-hydrogen) atoms. The van der Waals surface area contributed by atoms with Gasteiger partial charge in [0.2, 0.25) is 11.8 Å². The van der Waals surface area contributed by atoms with Crippen molar-refractivity contribution in [2.45, 2.75) is 25.9 Å². The molecule has 2 amide bonds. The van der Waals surface area contributed by atoms with E-state index < -0.39 is 11.7 Å². The quantitative estimate of drug-likeness (QED) is 0.868. The molecular formula is C20H22FN3O3. The highest BCUT2D eigenvalue weighted by atomic mass is 19.1. The predicted molar refractivity (Wildman–Crippen MR) is 97.0 cm³/mol. The van der Waals surface area contributed by atoms with Crippen LogP contribution in [-0.2, 0) is 22.7 Å². The van der Waals surface area contributed by atoms with Crippen molar-refractivity contribution in [2.24, 2.45) is 0 Å². The van der Waals surface area contributed by atoms with E-state index in [2.05, 4.69) is 4.98 Å². The monoisotopic (exact) mass is 371 g/mol. The molecule has 3 rings (SSSR count). The zero-order valence-corrected chi connectivity index (χ0v) is 15.1. The third kappa shape index (κ3) is 4.14. The van der Waals surface area contributed by atoms with Crippen LogP contribution in [0.15, 0.2) is 42.6 Å². The summed E-state index contributed by atoms with van der Waals surface area (Å²) in [5.41, 5.74) is 1.84. The number of rotatable bonds is 5. The number of benzene rings is 1. The lowest BCUT2D eigenvalue weighted by atomic mass is 9.93. The first-order valence-electron chi connectivity index (χ1n) is 8.83. The number of aliphatic hydroxyl groups is 1. The first-order chi connectivity index (χ1) is 13.0. The van der Waals surface area contributed by atoms with Crippen molar-refractivity contribution >= 4 is 11.8 Å². The van der Waals surface area contributed by atoms with Gasteiger partial charge < -0.3 is 14.9 Å². The van der Waals surface area contributed by atoms with Crippen molar-refractivity contribution in [3.05, 3.63) is 65.2 Å². The lowest BCUT2D eigenvalue weighted by molar-refractivity contribution is -0.137. The van der Waals surface area contributed by atoms with Crippen LogP contribution in [0.2, 0.25) is 0 Å². The van der Waals surface area contributed by atoms with Crippen molar-refractivity contribution in [2.75, 3.05) is 19.7 Å². The van der Waals surface area contributed by atoms with Gasteiger partial charge >= 0.3 is 0 Å². The maximum absolute atomic E-state index is 14.0. The van der Waals surface area contributed by atoms with Crippen LogP contribution in [0, 0.1) is 5.82 Å². The third-order valence-electron chi connectivity index (χ3n) is 4.76. The van der Waals surface area contributed by atoms with E-state index in [1.807, 2.05) is 6.07 Å². The van der Waals surface area contributed by atoms with Gasteiger partial charge in [0.05, 0.1) is 18.2 Å². The van der Waals surface area contributed by atoms with Gasteiger partial charge in [-0.25, -0.2) is 4.39 Å². The Morgan fingerprint density at radius 3 is 2.78 bits per heavy atom. The molecule has 0 radical (unpaired) electrons. The fourth-order valence-corrected chi connectivity index (χ4v) is 3.35. The van der Waals surface area contributed by atoms with Crippen LogP contribution in [-0.4, -0.2) is 51.4 Å². The summed E-state index contributed by atoms with van der Waals surface area (Å²) in [7, 11) is 0. The van der Waals surface area contributed by atoms with E-state index >= 15 is 0 Å². The van der Waals surface area contributed by atoms with Crippen molar-refractivity contribution in [3.8, 4) is 0 Å². The molecule has 0 bridgehead atoms. The van der Waals surface area contributed by atoms with Gasteiger partial charge in [0.15, 0.2) is 0 Å². The Balaban J connectivity index is 1.90. The Hall–Kier alpha value is -2.80. The molecule has 2 heterocycles. The summed E-state index contributed by atoms with van der Waals surface area (Å²) in [5.74, 6) is -1.44. The Morgan fingerprint density at radius 2 is 2.07 bits per heavy atom. The number of nitrogens with zero attached hydrogens (tertiary/aromatic N) is 3. The van der Waals surface area contributed by atoms with Crippen LogP contribution in [0.25, 0.3) is 0 Å². The molecule has 0 saturated carbocycles. The normalized spacial score (nSPS) is 16.0. The molecule has 1 aliphatic heterocycles. The minimum Gasteiger partial charge on any atom is -0.395 e. The van der Waals surface area contributed by atoms with E-state index in [-0.39, 0.29) is 38.1 Å². The summed E-state index contributed by atoms with van der Waals surface area (Å²) in [5, 5.41) is 9.40. The largest absolute Gasteiger partial charge is 0.395 e. The second-order valence-corrected chi connectivity index (χ2v) is 6.57. The zero-order valence-electron chi connectivity index (χ0n) is 15.1. The molecule has 142 valence electrons. The highest BCUT2D eigenvalue weighted by Gasteiger charge is 2.35. The number of carbonyl (C=O) groups excluding carboxylic acids is 2. The standard InChI is InChI=1S/C20H22FN3O3/c1-14(26)24-12-16-6-4-8-22-19(16)17(13-24)20(27)23(9-10-25)11-15-5-2-3-7-18(15)21/h2-8,17,25H,9-13H2,1H3. The fourth-order valence-electron chi connectivity index (χ4n) is 3.35. The molecule has 2 aromatic rings. The molecule has 0 fully saturated rings. The van der Waals surface area contributed by atoms with E-state index in [1.54, 1.807) is 35.4 Å². The molecule has 1 unspecified atom stereocenters. The average Bonchev–Trinajstić information content (AvgIpc) is 2.67. The second-order valence-electron chi connectivity index (χ2n) is 6.57. The molecule has 0 spiro atoms. The molecule has 1 aliphatic rings. The minimum atomic E-state index is -0.642. The first-order valence-corrected chi connectivity index (χ1v) is 8.83. The molecule has 7 heteroatoms. The maximum Gasteiger partial charge on any atom is 0.233 e. The number of aromatic nitrogens is 1. The molecular weight excluding hydrogens is 349 g/mol. The Bertz CT molecular complexity index is 843. The molecule has 1 aromatic carbocycles. The van der Waals surface area contributed by atoms with Crippen molar-refractivity contribution in [1.29, 1.82) is 0 Å². The fraction of sp³-hybridized carbons (Fsp3) is 0.350. The molecule has 6 nitrogen and oxygen atoms in total. The van der Waals surface area contributed by atoms with Crippen LogP contribution >= 0.6 is 0 Å². The average molecular weight is 371 g/mol. The minimum absolute atomic E-state index is 0.0464. The van der Waals surface area contributed by atoms with Gasteiger partial charge in [-0.3, -0.25) is 14.6 Å². The van der Waals surface area contributed by atoms with Gasteiger partial charge in [0.1, 0.15) is 5.82 Å². The van der Waals surface area contributed by atoms with Gasteiger partial charge in [-0.1, -0.05) is 24.3 Å². The van der Waals surface area contributed by atoms with E-state index in [0.717, 1.165) is 5.56 Å². The SMILES string of the molecule is CC(=O)N1Cc2cccnc2C(C(=O)N(CCO)Cc2ccccc2F)C1. The predicted octanol–water partition coefficient (Wildman–Crippen LogP) is 1.69. The molecule has 1 N–H and O–H groups in total. The third-order valence-corrected chi connectivity index (χ3v) is 4.76. The van der Waals surface area contributed by atoms with Crippen molar-refractivity contribution in [1.82, 2.24) is 14.8 Å². The van der Waals surface area contributed by atoms with Gasteiger partial charge in [-0.2, -0.15) is 0 Å². The Labute approximate surface area is 157 Å². The number of hydrogen-bond acceptors (Lipinski definition) is 4. The van der Waals surface area contributed by atoms with Gasteiger partial charge in [0.25, 0.3) is 0 Å². The summed E-state index contributed by atoms with van der Waals surface area (Å²) >= 11 is 0. The number of fused-ring (bicyclic) bond motifs is 1. The summed E-state index contributed by atoms with van der Waals surface area (Å²) in [6.07, 6.45) is 1.62. The van der Waals surface area contributed by atoms with Gasteiger partial charge in [-0.15, -0.1) is 0 Å². The number of carbonyl (C=O) groups is 2. The van der Waals surface area contributed by atoms with Crippen LogP contribution in [0.5, 0.6) is 0 Å².